The summed E-state index contributed by atoms with van der Waals surface area (Å²) >= 11 is 0. The van der Waals surface area contributed by atoms with Crippen LogP contribution < -0.4 is 4.52 Å². The molecule has 10 heteroatoms. The third-order valence-electron chi connectivity index (χ3n) is 12.5. The lowest BCUT2D eigenvalue weighted by molar-refractivity contribution is -0.169. The highest BCUT2D eigenvalue weighted by Crippen LogP contribution is 2.56. The summed E-state index contributed by atoms with van der Waals surface area (Å²) in [6.45, 7) is 8.00. The topological polar surface area (TPSA) is 71.1 Å². The first-order valence-electron chi connectivity index (χ1n) is 23.0. The molecule has 0 radical (unpaired) electrons. The summed E-state index contributed by atoms with van der Waals surface area (Å²) < 4.78 is 51.1. The van der Waals surface area contributed by atoms with Crippen molar-refractivity contribution in [1.82, 2.24) is 9.34 Å². The van der Waals surface area contributed by atoms with Gasteiger partial charge in [0.1, 0.15) is 18.0 Å². The molecule has 0 bridgehead atoms. The zero-order valence-corrected chi connectivity index (χ0v) is 37.7. The minimum absolute atomic E-state index is 0.0923. The van der Waals surface area contributed by atoms with Gasteiger partial charge in [-0.2, -0.15) is 0 Å². The van der Waals surface area contributed by atoms with E-state index in [9.17, 15) is 0 Å². The fraction of sp³-hybridized carbons (Fsp3) is 0.434. The quantitative estimate of drug-likeness (QED) is 0.0902. The molecule has 4 aliphatic rings. The molecule has 0 aliphatic carbocycles. The third-order valence-corrected chi connectivity index (χ3v) is 14.6. The van der Waals surface area contributed by atoms with Crippen LogP contribution in [0.2, 0.25) is 0 Å². The van der Waals surface area contributed by atoms with Crippen molar-refractivity contribution in [3.05, 3.63) is 173 Å². The maximum Gasteiger partial charge on any atom is 0.249 e. The van der Waals surface area contributed by atoms with Gasteiger partial charge in [0.2, 0.25) is 8.45 Å². The Bertz CT molecular complexity index is 1990. The van der Waals surface area contributed by atoms with Crippen LogP contribution in [0.1, 0.15) is 85.8 Å². The van der Waals surface area contributed by atoms with Gasteiger partial charge >= 0.3 is 0 Å². The van der Waals surface area contributed by atoms with Gasteiger partial charge in [-0.1, -0.05) is 127 Å². The van der Waals surface area contributed by atoms with Gasteiger partial charge in [0.05, 0.1) is 25.3 Å². The first-order valence-corrected chi connectivity index (χ1v) is 24.2. The highest BCUT2D eigenvalue weighted by atomic mass is 31.2. The van der Waals surface area contributed by atoms with Crippen LogP contribution in [-0.4, -0.2) is 65.2 Å². The summed E-state index contributed by atoms with van der Waals surface area (Å²) in [5, 5.41) is 0. The standard InChI is InChI=1S/C53H63N2O7P/c1-53(2)60-51-47(34-40-16-6-3-7-17-40)54(36-42-24-28-44(29-25-42)38-58-49-22-12-14-32-56-49)63(62-46-20-10-5-11-21-46)55(48(52(51)61-53)35-41-18-8-4-9-19-41)37-43-26-30-45(31-27-43)39-59-50-23-13-15-33-57-50/h3-11,16-21,24-31,47-52H,12-15,22-23,32-39H2,1-2H3/t47-,48+,49?,50?,51-,52+,63?. The van der Waals surface area contributed by atoms with Crippen LogP contribution in [-0.2, 0) is 67.6 Å². The van der Waals surface area contributed by atoms with Crippen LogP contribution in [0.3, 0.4) is 0 Å². The molecular weight excluding hydrogens is 808 g/mol. The average Bonchev–Trinajstić information content (AvgIpc) is 3.63. The normalized spacial score (nSPS) is 26.5. The highest BCUT2D eigenvalue weighted by molar-refractivity contribution is 7.47. The first-order chi connectivity index (χ1) is 30.9. The molecule has 5 aromatic carbocycles. The molecule has 0 aromatic heterocycles. The summed E-state index contributed by atoms with van der Waals surface area (Å²) in [6, 6.07) is 49.6. The van der Waals surface area contributed by atoms with Gasteiger partial charge in [-0.05, 0) is 111 Å². The van der Waals surface area contributed by atoms with E-state index in [0.29, 0.717) is 26.3 Å². The number of para-hydroxylation sites is 1. The number of ether oxygens (including phenoxy) is 6. The predicted molar refractivity (Wildman–Crippen MR) is 246 cm³/mol. The highest BCUT2D eigenvalue weighted by Gasteiger charge is 2.57. The van der Waals surface area contributed by atoms with Crippen molar-refractivity contribution in [2.24, 2.45) is 0 Å². The minimum Gasteiger partial charge on any atom is -0.444 e. The molecule has 7 atom stereocenters. The van der Waals surface area contributed by atoms with Crippen LogP contribution >= 0.6 is 8.45 Å². The fourth-order valence-electron chi connectivity index (χ4n) is 9.26. The van der Waals surface area contributed by atoms with Crippen LogP contribution in [0.25, 0.3) is 0 Å². The minimum atomic E-state index is -1.50. The molecule has 0 saturated carbocycles. The Morgan fingerprint density at radius 3 is 1.33 bits per heavy atom. The van der Waals surface area contributed by atoms with Gasteiger partial charge in [-0.3, -0.25) is 0 Å². The molecule has 4 heterocycles. The number of fused-ring (bicyclic) bond motifs is 1. The number of benzene rings is 5. The van der Waals surface area contributed by atoms with E-state index in [-0.39, 0.29) is 36.9 Å². The third kappa shape index (κ3) is 11.8. The Hall–Kier alpha value is -3.99. The van der Waals surface area contributed by atoms with Gasteiger partial charge in [0.25, 0.3) is 0 Å². The van der Waals surface area contributed by atoms with Crippen LogP contribution in [0.5, 0.6) is 5.75 Å². The van der Waals surface area contributed by atoms with Crippen molar-refractivity contribution in [1.29, 1.82) is 0 Å². The Kier molecular flexibility index (Phi) is 15.0. The molecule has 63 heavy (non-hydrogen) atoms. The smallest absolute Gasteiger partial charge is 0.249 e. The SMILES string of the molecule is CC1(C)O[C@@H]2[C@H](O1)[C@@H](Cc1ccccc1)N(Cc1ccc(COC3CCCCO3)cc1)P(Oc1ccccc1)N(Cc1ccc(COC3CCCCO3)cc1)[C@H]2Cc1ccccc1. The second kappa shape index (κ2) is 21.3. The molecule has 4 aliphatic heterocycles. The molecule has 0 spiro atoms. The maximum absolute atomic E-state index is 7.45. The number of hydrogen-bond acceptors (Lipinski definition) is 9. The van der Waals surface area contributed by atoms with Crippen molar-refractivity contribution in [3.63, 3.8) is 0 Å². The Morgan fingerprint density at radius 1 is 0.508 bits per heavy atom. The maximum atomic E-state index is 7.45. The molecule has 9 nitrogen and oxygen atoms in total. The monoisotopic (exact) mass is 870 g/mol. The molecule has 9 rings (SSSR count). The van der Waals surface area contributed by atoms with E-state index in [1.54, 1.807) is 0 Å². The summed E-state index contributed by atoms with van der Waals surface area (Å²) in [6.07, 6.45) is 7.13. The van der Waals surface area contributed by atoms with E-state index in [1.165, 1.54) is 22.3 Å². The summed E-state index contributed by atoms with van der Waals surface area (Å²) in [5.41, 5.74) is 7.14. The summed E-state index contributed by atoms with van der Waals surface area (Å²) in [7, 11) is -1.50. The van der Waals surface area contributed by atoms with Crippen molar-refractivity contribution in [3.8, 4) is 5.75 Å². The lowest BCUT2D eigenvalue weighted by Gasteiger charge is -2.42. The van der Waals surface area contributed by atoms with Crippen molar-refractivity contribution in [2.75, 3.05) is 13.2 Å². The van der Waals surface area contributed by atoms with Crippen molar-refractivity contribution >= 4 is 8.45 Å². The second-order valence-corrected chi connectivity index (χ2v) is 19.5. The predicted octanol–water partition coefficient (Wildman–Crippen LogP) is 11.1. The molecule has 0 amide bonds. The molecule has 332 valence electrons. The lowest BCUT2D eigenvalue weighted by Crippen LogP contribution is -2.48. The first kappa shape index (κ1) is 44.2. The van der Waals surface area contributed by atoms with E-state index < -0.39 is 14.2 Å². The molecular formula is C53H63N2O7P. The van der Waals surface area contributed by atoms with Gasteiger partial charge in [0.15, 0.2) is 18.4 Å². The Labute approximate surface area is 375 Å². The fourth-order valence-corrected chi connectivity index (χ4v) is 11.6. The molecule has 0 N–H and O–H groups in total. The van der Waals surface area contributed by atoms with E-state index in [4.69, 9.17) is 32.9 Å². The van der Waals surface area contributed by atoms with Crippen molar-refractivity contribution in [2.45, 2.75) is 134 Å². The Balaban J connectivity index is 1.11. The lowest BCUT2D eigenvalue weighted by atomic mass is 9.91. The van der Waals surface area contributed by atoms with Crippen LogP contribution in [0, 0.1) is 0 Å². The number of nitrogens with zero attached hydrogens (tertiary/aromatic N) is 2. The van der Waals surface area contributed by atoms with Gasteiger partial charge in [-0.15, -0.1) is 0 Å². The summed E-state index contributed by atoms with van der Waals surface area (Å²) in [5.74, 6) is 0.0456. The van der Waals surface area contributed by atoms with E-state index in [0.717, 1.165) is 81.5 Å². The van der Waals surface area contributed by atoms with E-state index in [2.05, 4.69) is 157 Å². The van der Waals surface area contributed by atoms with Crippen LogP contribution in [0.4, 0.5) is 0 Å². The zero-order valence-electron chi connectivity index (χ0n) is 36.8. The van der Waals surface area contributed by atoms with E-state index in [1.807, 2.05) is 6.07 Å². The van der Waals surface area contributed by atoms with Gasteiger partial charge < -0.3 is 32.9 Å². The Morgan fingerprint density at radius 2 is 0.921 bits per heavy atom. The second-order valence-electron chi connectivity index (χ2n) is 17.8. The largest absolute Gasteiger partial charge is 0.444 e. The molecule has 4 fully saturated rings. The molecule has 4 saturated heterocycles. The molecule has 3 unspecified atom stereocenters. The van der Waals surface area contributed by atoms with Gasteiger partial charge in [-0.25, -0.2) is 9.34 Å². The van der Waals surface area contributed by atoms with E-state index >= 15 is 0 Å². The summed E-state index contributed by atoms with van der Waals surface area (Å²) in [4.78, 5) is 0. The molecule has 5 aromatic rings. The zero-order chi connectivity index (χ0) is 42.9. The van der Waals surface area contributed by atoms with Crippen LogP contribution in [0.15, 0.2) is 140 Å². The van der Waals surface area contributed by atoms with Gasteiger partial charge in [0, 0.05) is 26.3 Å². The van der Waals surface area contributed by atoms with Crippen molar-refractivity contribution < 1.29 is 32.9 Å². The number of hydrogen-bond donors (Lipinski definition) is 0. The average molecular weight is 871 g/mol. The number of rotatable bonds is 16.